The van der Waals surface area contributed by atoms with Crippen molar-refractivity contribution in [2.24, 2.45) is 0 Å². The second-order valence-corrected chi connectivity index (χ2v) is 6.14. The molecule has 1 aliphatic rings. The van der Waals surface area contributed by atoms with E-state index in [1.54, 1.807) is 0 Å². The van der Waals surface area contributed by atoms with Gasteiger partial charge in [0.2, 0.25) is 0 Å². The summed E-state index contributed by atoms with van der Waals surface area (Å²) in [5.74, 6) is 1.77. The molecule has 0 saturated carbocycles. The van der Waals surface area contributed by atoms with E-state index in [9.17, 15) is 4.79 Å². The zero-order valence-corrected chi connectivity index (χ0v) is 14.9. The van der Waals surface area contributed by atoms with Crippen LogP contribution in [0.25, 0.3) is 0 Å². The SMILES string of the molecule is CCOc1ccc(CCCC2NC(=O)c3ccccc32)c(OCC)c1. The summed E-state index contributed by atoms with van der Waals surface area (Å²) in [4.78, 5) is 12.0. The maximum atomic E-state index is 12.0. The molecule has 0 fully saturated rings. The first-order valence-corrected chi connectivity index (χ1v) is 9.01. The van der Waals surface area contributed by atoms with E-state index in [2.05, 4.69) is 11.4 Å². The second-order valence-electron chi connectivity index (χ2n) is 6.14. The van der Waals surface area contributed by atoms with Gasteiger partial charge in [-0.25, -0.2) is 0 Å². The second kappa shape index (κ2) is 8.06. The highest BCUT2D eigenvalue weighted by atomic mass is 16.5. The van der Waals surface area contributed by atoms with Crippen molar-refractivity contribution < 1.29 is 14.3 Å². The van der Waals surface area contributed by atoms with E-state index in [0.717, 1.165) is 41.9 Å². The monoisotopic (exact) mass is 339 g/mol. The third kappa shape index (κ3) is 3.95. The lowest BCUT2D eigenvalue weighted by Crippen LogP contribution is -2.19. The Bertz CT molecular complexity index is 742. The first-order chi connectivity index (χ1) is 12.2. The van der Waals surface area contributed by atoms with Gasteiger partial charge in [-0.15, -0.1) is 0 Å². The van der Waals surface area contributed by atoms with Gasteiger partial charge in [-0.2, -0.15) is 0 Å². The van der Waals surface area contributed by atoms with Crippen molar-refractivity contribution in [2.75, 3.05) is 13.2 Å². The Balaban J connectivity index is 1.63. The van der Waals surface area contributed by atoms with Crippen molar-refractivity contribution >= 4 is 5.91 Å². The van der Waals surface area contributed by atoms with Crippen molar-refractivity contribution in [3.63, 3.8) is 0 Å². The predicted octanol–water partition coefficient (Wildman–Crippen LogP) is 4.29. The summed E-state index contributed by atoms with van der Waals surface area (Å²) in [5, 5.41) is 3.08. The van der Waals surface area contributed by atoms with Crippen LogP contribution in [0, 0.1) is 0 Å². The Morgan fingerprint density at radius 1 is 1.04 bits per heavy atom. The van der Waals surface area contributed by atoms with Gasteiger partial charge in [0.05, 0.1) is 19.3 Å². The van der Waals surface area contributed by atoms with Gasteiger partial charge in [-0.05, 0) is 56.4 Å². The molecule has 0 radical (unpaired) electrons. The lowest BCUT2D eigenvalue weighted by atomic mass is 9.98. The van der Waals surface area contributed by atoms with Gasteiger partial charge in [0.15, 0.2) is 0 Å². The molecule has 1 heterocycles. The molecule has 0 aromatic heterocycles. The summed E-state index contributed by atoms with van der Waals surface area (Å²) < 4.78 is 11.3. The summed E-state index contributed by atoms with van der Waals surface area (Å²) in [7, 11) is 0. The molecule has 4 heteroatoms. The van der Waals surface area contributed by atoms with Crippen molar-refractivity contribution in [2.45, 2.75) is 39.2 Å². The highest BCUT2D eigenvalue weighted by Gasteiger charge is 2.27. The van der Waals surface area contributed by atoms with Crippen LogP contribution in [0.1, 0.15) is 54.2 Å². The molecular formula is C21H25NO3. The molecule has 0 saturated heterocycles. The molecule has 1 amide bonds. The number of nitrogens with one attached hydrogen (secondary N) is 1. The molecule has 2 aromatic rings. The van der Waals surface area contributed by atoms with Crippen LogP contribution in [-0.4, -0.2) is 19.1 Å². The van der Waals surface area contributed by atoms with Gasteiger partial charge < -0.3 is 14.8 Å². The molecule has 2 aromatic carbocycles. The summed E-state index contributed by atoms with van der Waals surface area (Å²) >= 11 is 0. The fourth-order valence-electron chi connectivity index (χ4n) is 3.33. The Hall–Kier alpha value is -2.49. The fraction of sp³-hybridized carbons (Fsp3) is 0.381. The van der Waals surface area contributed by atoms with Crippen LogP contribution >= 0.6 is 0 Å². The summed E-state index contributed by atoms with van der Waals surface area (Å²) in [6.07, 6.45) is 2.81. The molecule has 1 unspecified atom stereocenters. The van der Waals surface area contributed by atoms with Crippen LogP contribution in [0.3, 0.4) is 0 Å². The highest BCUT2D eigenvalue weighted by molar-refractivity contribution is 5.99. The summed E-state index contributed by atoms with van der Waals surface area (Å²) in [6, 6.07) is 14.0. The fourth-order valence-corrected chi connectivity index (χ4v) is 3.33. The molecule has 0 spiro atoms. The Morgan fingerprint density at radius 2 is 1.84 bits per heavy atom. The van der Waals surface area contributed by atoms with E-state index < -0.39 is 0 Å². The Morgan fingerprint density at radius 3 is 2.64 bits per heavy atom. The Labute approximate surface area is 149 Å². The van der Waals surface area contributed by atoms with Crippen LogP contribution in [0.4, 0.5) is 0 Å². The molecule has 1 aliphatic heterocycles. The number of carbonyl (C=O) groups is 1. The predicted molar refractivity (Wildman–Crippen MR) is 98.4 cm³/mol. The molecule has 0 bridgehead atoms. The minimum Gasteiger partial charge on any atom is -0.494 e. The Kier molecular flexibility index (Phi) is 5.59. The lowest BCUT2D eigenvalue weighted by molar-refractivity contribution is 0.0954. The zero-order chi connectivity index (χ0) is 17.6. The van der Waals surface area contributed by atoms with Crippen LogP contribution in [0.2, 0.25) is 0 Å². The van der Waals surface area contributed by atoms with Crippen LogP contribution in [0.5, 0.6) is 11.5 Å². The van der Waals surface area contributed by atoms with Gasteiger partial charge >= 0.3 is 0 Å². The number of rotatable bonds is 8. The number of amides is 1. The van der Waals surface area contributed by atoms with Crippen LogP contribution in [0.15, 0.2) is 42.5 Å². The number of carbonyl (C=O) groups excluding carboxylic acids is 1. The molecular weight excluding hydrogens is 314 g/mol. The molecule has 4 nitrogen and oxygen atoms in total. The molecule has 0 aliphatic carbocycles. The topological polar surface area (TPSA) is 47.6 Å². The van der Waals surface area contributed by atoms with Gasteiger partial charge in [0.25, 0.3) is 5.91 Å². The maximum Gasteiger partial charge on any atom is 0.252 e. The normalized spacial score (nSPS) is 15.6. The van der Waals surface area contributed by atoms with Gasteiger partial charge in [0, 0.05) is 11.6 Å². The van der Waals surface area contributed by atoms with E-state index in [1.165, 1.54) is 5.56 Å². The smallest absolute Gasteiger partial charge is 0.252 e. The van der Waals surface area contributed by atoms with E-state index in [1.807, 2.05) is 50.2 Å². The molecule has 25 heavy (non-hydrogen) atoms. The van der Waals surface area contributed by atoms with Gasteiger partial charge in [0.1, 0.15) is 11.5 Å². The van der Waals surface area contributed by atoms with Gasteiger partial charge in [-0.3, -0.25) is 4.79 Å². The van der Waals surface area contributed by atoms with E-state index >= 15 is 0 Å². The minimum atomic E-state index is 0.0386. The third-order valence-electron chi connectivity index (χ3n) is 4.47. The molecule has 1 N–H and O–H groups in total. The van der Waals surface area contributed by atoms with Crippen molar-refractivity contribution in [3.05, 3.63) is 59.2 Å². The summed E-state index contributed by atoms with van der Waals surface area (Å²) in [5.41, 5.74) is 3.11. The summed E-state index contributed by atoms with van der Waals surface area (Å²) in [6.45, 7) is 5.24. The van der Waals surface area contributed by atoms with E-state index in [-0.39, 0.29) is 11.9 Å². The average Bonchev–Trinajstić information content (AvgIpc) is 2.94. The van der Waals surface area contributed by atoms with E-state index in [0.29, 0.717) is 13.2 Å². The number of hydrogen-bond donors (Lipinski definition) is 1. The zero-order valence-electron chi connectivity index (χ0n) is 14.9. The van der Waals surface area contributed by atoms with E-state index in [4.69, 9.17) is 9.47 Å². The highest BCUT2D eigenvalue weighted by Crippen LogP contribution is 2.31. The molecule has 132 valence electrons. The number of hydrogen-bond acceptors (Lipinski definition) is 3. The first kappa shape index (κ1) is 17.3. The number of ether oxygens (including phenoxy) is 2. The van der Waals surface area contributed by atoms with Crippen molar-refractivity contribution in [3.8, 4) is 11.5 Å². The quantitative estimate of drug-likeness (QED) is 0.780. The van der Waals surface area contributed by atoms with Gasteiger partial charge in [-0.1, -0.05) is 24.3 Å². The lowest BCUT2D eigenvalue weighted by Gasteiger charge is -2.14. The molecule has 3 rings (SSSR count). The average molecular weight is 339 g/mol. The maximum absolute atomic E-state index is 12.0. The van der Waals surface area contributed by atoms with Crippen LogP contribution < -0.4 is 14.8 Å². The number of fused-ring (bicyclic) bond motifs is 1. The number of benzene rings is 2. The van der Waals surface area contributed by atoms with Crippen LogP contribution in [-0.2, 0) is 6.42 Å². The van der Waals surface area contributed by atoms with Crippen molar-refractivity contribution in [1.29, 1.82) is 0 Å². The standard InChI is InChI=1S/C21H25NO3/c1-3-24-16-13-12-15(20(14-16)25-4-2)8-7-11-19-17-9-5-6-10-18(17)21(23)22-19/h5-6,9-10,12-14,19H,3-4,7-8,11H2,1-2H3,(H,22,23). The third-order valence-corrected chi connectivity index (χ3v) is 4.47. The first-order valence-electron chi connectivity index (χ1n) is 9.01. The van der Waals surface area contributed by atoms with Crippen molar-refractivity contribution in [1.82, 2.24) is 5.32 Å². The number of aryl methyl sites for hydroxylation is 1. The minimum absolute atomic E-state index is 0.0386. The largest absolute Gasteiger partial charge is 0.494 e. The molecule has 1 atom stereocenters.